The molecule has 2 fully saturated rings. The summed E-state index contributed by atoms with van der Waals surface area (Å²) in [4.78, 5) is 12.0. The van der Waals surface area contributed by atoms with Crippen LogP contribution in [-0.2, 0) is 4.79 Å². The molecule has 17 heavy (non-hydrogen) atoms. The third-order valence-corrected chi connectivity index (χ3v) is 4.26. The Hall–Kier alpha value is -0.610. The molecule has 0 aromatic rings. The molecule has 1 aliphatic carbocycles. The minimum atomic E-state index is -0.0374. The van der Waals surface area contributed by atoms with Gasteiger partial charge in [0.15, 0.2) is 0 Å². The Balaban J connectivity index is 1.78. The van der Waals surface area contributed by atoms with Crippen molar-refractivity contribution in [2.45, 2.75) is 51.0 Å². The van der Waals surface area contributed by atoms with E-state index in [9.17, 15) is 9.90 Å². The van der Waals surface area contributed by atoms with Gasteiger partial charge in [-0.2, -0.15) is 0 Å². The maximum atomic E-state index is 12.0. The van der Waals surface area contributed by atoms with Crippen molar-refractivity contribution in [3.8, 4) is 0 Å². The molecular formula is C13H24N2O2. The van der Waals surface area contributed by atoms with Crippen LogP contribution in [0.4, 0.5) is 0 Å². The first-order valence-electron chi connectivity index (χ1n) is 6.88. The van der Waals surface area contributed by atoms with E-state index >= 15 is 0 Å². The molecule has 1 atom stereocenters. The van der Waals surface area contributed by atoms with Crippen molar-refractivity contribution in [1.82, 2.24) is 10.6 Å². The number of piperidine rings is 1. The Morgan fingerprint density at radius 2 is 2.06 bits per heavy atom. The number of aliphatic hydroxyl groups excluding tert-OH is 1. The van der Waals surface area contributed by atoms with Crippen molar-refractivity contribution in [3.05, 3.63) is 0 Å². The van der Waals surface area contributed by atoms with E-state index in [0.29, 0.717) is 6.54 Å². The van der Waals surface area contributed by atoms with Gasteiger partial charge < -0.3 is 15.7 Å². The lowest BCUT2D eigenvalue weighted by Crippen LogP contribution is -2.49. The lowest BCUT2D eigenvalue weighted by molar-refractivity contribution is -0.124. The van der Waals surface area contributed by atoms with Crippen LogP contribution >= 0.6 is 0 Å². The summed E-state index contributed by atoms with van der Waals surface area (Å²) in [6, 6.07) is -0.0131. The van der Waals surface area contributed by atoms with Gasteiger partial charge in [0.2, 0.25) is 5.91 Å². The minimum Gasteiger partial charge on any atom is -0.396 e. The van der Waals surface area contributed by atoms with E-state index in [-0.39, 0.29) is 24.0 Å². The standard InChI is InChI=1S/C13H24N2O2/c16-10-13(6-2-3-7-13)9-15-12(17)11-5-1-4-8-14-11/h11,14,16H,1-10H2,(H,15,17)/t11-/m1/s1. The van der Waals surface area contributed by atoms with Crippen molar-refractivity contribution >= 4 is 5.91 Å². The van der Waals surface area contributed by atoms with E-state index in [1.807, 2.05) is 0 Å². The second kappa shape index (κ2) is 5.83. The van der Waals surface area contributed by atoms with Gasteiger partial charge in [0, 0.05) is 12.0 Å². The Bertz CT molecular complexity index is 256. The van der Waals surface area contributed by atoms with E-state index in [1.165, 1.54) is 19.3 Å². The van der Waals surface area contributed by atoms with Crippen LogP contribution in [0.2, 0.25) is 0 Å². The zero-order chi connectivity index (χ0) is 12.1. The van der Waals surface area contributed by atoms with Crippen LogP contribution in [0.1, 0.15) is 44.9 Å². The number of rotatable bonds is 4. The molecule has 2 aliphatic rings. The summed E-state index contributed by atoms with van der Waals surface area (Å²) in [5, 5.41) is 15.7. The highest BCUT2D eigenvalue weighted by Crippen LogP contribution is 2.36. The van der Waals surface area contributed by atoms with E-state index in [1.54, 1.807) is 0 Å². The number of carbonyl (C=O) groups excluding carboxylic acids is 1. The van der Waals surface area contributed by atoms with Gasteiger partial charge >= 0.3 is 0 Å². The molecule has 3 N–H and O–H groups in total. The van der Waals surface area contributed by atoms with Crippen molar-refractivity contribution in [1.29, 1.82) is 0 Å². The fourth-order valence-electron chi connectivity index (χ4n) is 2.99. The summed E-state index contributed by atoms with van der Waals surface area (Å²) >= 11 is 0. The highest BCUT2D eigenvalue weighted by molar-refractivity contribution is 5.81. The van der Waals surface area contributed by atoms with Gasteiger partial charge in [0.05, 0.1) is 12.6 Å². The smallest absolute Gasteiger partial charge is 0.237 e. The van der Waals surface area contributed by atoms with Gasteiger partial charge in [-0.05, 0) is 32.2 Å². The second-order valence-corrected chi connectivity index (χ2v) is 5.59. The van der Waals surface area contributed by atoms with E-state index < -0.39 is 0 Å². The number of amides is 1. The fraction of sp³-hybridized carbons (Fsp3) is 0.923. The number of carbonyl (C=O) groups is 1. The lowest BCUT2D eigenvalue weighted by atomic mass is 9.87. The van der Waals surface area contributed by atoms with Crippen molar-refractivity contribution < 1.29 is 9.90 Å². The SMILES string of the molecule is O=C(NCC1(CO)CCCC1)[C@H]1CCCCN1. The Kier molecular flexibility index (Phi) is 4.40. The fourth-order valence-corrected chi connectivity index (χ4v) is 2.99. The Labute approximate surface area is 103 Å². The zero-order valence-electron chi connectivity index (χ0n) is 10.5. The average molecular weight is 240 g/mol. The molecule has 1 heterocycles. The van der Waals surface area contributed by atoms with E-state index in [0.717, 1.165) is 32.2 Å². The quantitative estimate of drug-likeness (QED) is 0.681. The van der Waals surface area contributed by atoms with Gasteiger partial charge in [0.1, 0.15) is 0 Å². The van der Waals surface area contributed by atoms with Crippen molar-refractivity contribution in [2.75, 3.05) is 19.7 Å². The largest absolute Gasteiger partial charge is 0.396 e. The van der Waals surface area contributed by atoms with E-state index in [4.69, 9.17) is 0 Å². The highest BCUT2D eigenvalue weighted by Gasteiger charge is 2.34. The van der Waals surface area contributed by atoms with Gasteiger partial charge in [-0.15, -0.1) is 0 Å². The van der Waals surface area contributed by atoms with Gasteiger partial charge in [-0.3, -0.25) is 4.79 Å². The normalized spacial score (nSPS) is 27.9. The highest BCUT2D eigenvalue weighted by atomic mass is 16.3. The number of hydrogen-bond donors (Lipinski definition) is 3. The molecule has 0 bridgehead atoms. The average Bonchev–Trinajstić information content (AvgIpc) is 2.86. The maximum absolute atomic E-state index is 12.0. The number of nitrogens with one attached hydrogen (secondary N) is 2. The van der Waals surface area contributed by atoms with Crippen LogP contribution < -0.4 is 10.6 Å². The molecule has 98 valence electrons. The molecule has 1 saturated carbocycles. The summed E-state index contributed by atoms with van der Waals surface area (Å²) in [6.07, 6.45) is 7.69. The summed E-state index contributed by atoms with van der Waals surface area (Å²) in [6.45, 7) is 1.79. The minimum absolute atomic E-state index is 0.0131. The summed E-state index contributed by atoms with van der Waals surface area (Å²) < 4.78 is 0. The van der Waals surface area contributed by atoms with Crippen LogP contribution in [-0.4, -0.2) is 36.8 Å². The maximum Gasteiger partial charge on any atom is 0.237 e. The molecule has 0 radical (unpaired) electrons. The molecule has 1 saturated heterocycles. The van der Waals surface area contributed by atoms with Crippen LogP contribution in [0, 0.1) is 5.41 Å². The molecule has 0 unspecified atom stereocenters. The first-order chi connectivity index (χ1) is 8.26. The van der Waals surface area contributed by atoms with Gasteiger partial charge in [-0.25, -0.2) is 0 Å². The van der Waals surface area contributed by atoms with Gasteiger partial charge in [0.25, 0.3) is 0 Å². The molecule has 0 aromatic heterocycles. The molecule has 1 amide bonds. The number of hydrogen-bond acceptors (Lipinski definition) is 3. The zero-order valence-corrected chi connectivity index (χ0v) is 10.5. The number of aliphatic hydroxyl groups is 1. The summed E-state index contributed by atoms with van der Waals surface area (Å²) in [5.41, 5.74) is -0.0374. The first-order valence-corrected chi connectivity index (χ1v) is 6.88. The molecule has 2 rings (SSSR count). The van der Waals surface area contributed by atoms with Crippen LogP contribution in [0.3, 0.4) is 0 Å². The predicted molar refractivity (Wildman–Crippen MR) is 66.6 cm³/mol. The topological polar surface area (TPSA) is 61.4 Å². The second-order valence-electron chi connectivity index (χ2n) is 5.59. The van der Waals surface area contributed by atoms with Crippen LogP contribution in [0.25, 0.3) is 0 Å². The van der Waals surface area contributed by atoms with Crippen LogP contribution in [0.15, 0.2) is 0 Å². The summed E-state index contributed by atoms with van der Waals surface area (Å²) in [7, 11) is 0. The molecule has 0 spiro atoms. The molecule has 1 aliphatic heterocycles. The third-order valence-electron chi connectivity index (χ3n) is 4.26. The molecule has 4 nitrogen and oxygen atoms in total. The summed E-state index contributed by atoms with van der Waals surface area (Å²) in [5.74, 6) is 0.115. The van der Waals surface area contributed by atoms with Gasteiger partial charge in [-0.1, -0.05) is 19.3 Å². The van der Waals surface area contributed by atoms with Crippen LogP contribution in [0.5, 0.6) is 0 Å². The van der Waals surface area contributed by atoms with E-state index in [2.05, 4.69) is 10.6 Å². The predicted octanol–water partition coefficient (Wildman–Crippen LogP) is 0.797. The lowest BCUT2D eigenvalue weighted by Gasteiger charge is -2.29. The Morgan fingerprint density at radius 3 is 2.65 bits per heavy atom. The first kappa shape index (κ1) is 12.8. The molecule has 4 heteroatoms. The Morgan fingerprint density at radius 1 is 1.29 bits per heavy atom. The van der Waals surface area contributed by atoms with Crippen molar-refractivity contribution in [2.24, 2.45) is 5.41 Å². The third kappa shape index (κ3) is 3.19. The monoisotopic (exact) mass is 240 g/mol. The molecular weight excluding hydrogens is 216 g/mol. The molecule has 0 aromatic carbocycles. The van der Waals surface area contributed by atoms with Crippen molar-refractivity contribution in [3.63, 3.8) is 0 Å².